The number of benzene rings is 1. The largest absolute Gasteiger partial charge is 0.373 e. The summed E-state index contributed by atoms with van der Waals surface area (Å²) in [5.74, 6) is 0. The van der Waals surface area contributed by atoms with Crippen LogP contribution >= 0.6 is 0 Å². The van der Waals surface area contributed by atoms with E-state index in [9.17, 15) is 0 Å². The quantitative estimate of drug-likeness (QED) is 0.839. The second-order valence-corrected chi connectivity index (χ2v) is 6.26. The number of hydrogen-bond acceptors (Lipinski definition) is 3. The number of nitrogens with one attached hydrogen (secondary N) is 1. The van der Waals surface area contributed by atoms with Crippen LogP contribution in [0.4, 0.5) is 0 Å². The smallest absolute Gasteiger partial charge is 0.0753 e. The first-order valence-corrected chi connectivity index (χ1v) is 7.32. The van der Waals surface area contributed by atoms with Crippen LogP contribution in [-0.4, -0.2) is 36.7 Å². The Hall–Kier alpha value is -0.900. The van der Waals surface area contributed by atoms with Crippen molar-refractivity contribution in [2.45, 2.75) is 38.5 Å². The molecule has 104 valence electrons. The van der Waals surface area contributed by atoms with E-state index < -0.39 is 0 Å². The Labute approximate surface area is 115 Å². The number of ether oxygens (including phenoxy) is 1. The molecule has 0 spiro atoms. The van der Waals surface area contributed by atoms with Crippen LogP contribution in [0.1, 0.15) is 37.4 Å². The summed E-state index contributed by atoms with van der Waals surface area (Å²) in [6, 6.07) is 9.41. The fraction of sp³-hybridized carbons (Fsp3) is 0.625. The van der Waals surface area contributed by atoms with Gasteiger partial charge in [0.15, 0.2) is 0 Å². The van der Waals surface area contributed by atoms with Crippen molar-refractivity contribution in [2.24, 2.45) is 0 Å². The van der Waals surface area contributed by atoms with Crippen molar-refractivity contribution in [1.82, 2.24) is 10.2 Å². The lowest BCUT2D eigenvalue weighted by Gasteiger charge is -2.42. The Balaban J connectivity index is 1.87. The van der Waals surface area contributed by atoms with Gasteiger partial charge in [-0.1, -0.05) is 24.3 Å². The van der Waals surface area contributed by atoms with E-state index in [2.05, 4.69) is 48.3 Å². The van der Waals surface area contributed by atoms with Gasteiger partial charge in [-0.15, -0.1) is 0 Å². The Morgan fingerprint density at radius 2 is 2.16 bits per heavy atom. The van der Waals surface area contributed by atoms with E-state index in [1.165, 1.54) is 17.5 Å². The molecule has 3 nitrogen and oxygen atoms in total. The average Bonchev–Trinajstić information content (AvgIpc) is 2.59. The highest BCUT2D eigenvalue weighted by atomic mass is 16.5. The molecule has 1 N–H and O–H groups in total. The van der Waals surface area contributed by atoms with Gasteiger partial charge in [-0.3, -0.25) is 4.90 Å². The Bertz CT molecular complexity index is 444. The lowest BCUT2D eigenvalue weighted by Crippen LogP contribution is -2.49. The molecule has 19 heavy (non-hydrogen) atoms. The van der Waals surface area contributed by atoms with Crippen LogP contribution in [0.5, 0.6) is 0 Å². The molecule has 1 atom stereocenters. The molecule has 1 unspecified atom stereocenters. The predicted molar refractivity (Wildman–Crippen MR) is 77.1 cm³/mol. The summed E-state index contributed by atoms with van der Waals surface area (Å²) in [6.07, 6.45) is 1.19. The Morgan fingerprint density at radius 3 is 3.00 bits per heavy atom. The maximum Gasteiger partial charge on any atom is 0.0753 e. The summed E-state index contributed by atoms with van der Waals surface area (Å²) >= 11 is 0. The number of hydrogen-bond donors (Lipinski definition) is 1. The van der Waals surface area contributed by atoms with Gasteiger partial charge in [-0.05, 0) is 37.9 Å². The molecule has 1 aromatic rings. The SMILES string of the molecule is CC1(C)CN(C2CCNCc3ccccc32)CCO1. The minimum absolute atomic E-state index is 0.0209. The zero-order valence-corrected chi connectivity index (χ0v) is 12.0. The van der Waals surface area contributed by atoms with Gasteiger partial charge in [-0.2, -0.15) is 0 Å². The van der Waals surface area contributed by atoms with Crippen LogP contribution in [0.25, 0.3) is 0 Å². The lowest BCUT2D eigenvalue weighted by molar-refractivity contribution is -0.0982. The maximum absolute atomic E-state index is 5.85. The van der Waals surface area contributed by atoms with Gasteiger partial charge in [0, 0.05) is 25.7 Å². The highest BCUT2D eigenvalue weighted by Gasteiger charge is 2.33. The number of rotatable bonds is 1. The molecule has 1 aromatic carbocycles. The second kappa shape index (κ2) is 5.23. The first kappa shape index (κ1) is 13.1. The lowest BCUT2D eigenvalue weighted by atomic mass is 9.95. The van der Waals surface area contributed by atoms with E-state index in [1.54, 1.807) is 0 Å². The van der Waals surface area contributed by atoms with Gasteiger partial charge in [0.25, 0.3) is 0 Å². The topological polar surface area (TPSA) is 24.5 Å². The van der Waals surface area contributed by atoms with Gasteiger partial charge >= 0.3 is 0 Å². The van der Waals surface area contributed by atoms with E-state index >= 15 is 0 Å². The maximum atomic E-state index is 5.85. The van der Waals surface area contributed by atoms with Crippen LogP contribution in [0.3, 0.4) is 0 Å². The van der Waals surface area contributed by atoms with Crippen molar-refractivity contribution in [3.63, 3.8) is 0 Å². The van der Waals surface area contributed by atoms with E-state index in [4.69, 9.17) is 4.74 Å². The molecule has 0 aromatic heterocycles. The molecule has 0 saturated carbocycles. The van der Waals surface area contributed by atoms with Gasteiger partial charge in [0.2, 0.25) is 0 Å². The van der Waals surface area contributed by atoms with Crippen LogP contribution < -0.4 is 5.32 Å². The third-order valence-corrected chi connectivity index (χ3v) is 4.22. The molecular weight excluding hydrogens is 236 g/mol. The van der Waals surface area contributed by atoms with Crippen molar-refractivity contribution in [2.75, 3.05) is 26.2 Å². The molecule has 2 aliphatic heterocycles. The third-order valence-electron chi connectivity index (χ3n) is 4.22. The monoisotopic (exact) mass is 260 g/mol. The fourth-order valence-electron chi connectivity index (χ4n) is 3.34. The molecule has 0 radical (unpaired) electrons. The highest BCUT2D eigenvalue weighted by molar-refractivity contribution is 5.31. The van der Waals surface area contributed by atoms with Crippen molar-refractivity contribution >= 4 is 0 Å². The minimum Gasteiger partial charge on any atom is -0.373 e. The first-order valence-electron chi connectivity index (χ1n) is 7.32. The van der Waals surface area contributed by atoms with E-state index in [1.807, 2.05) is 0 Å². The summed E-state index contributed by atoms with van der Waals surface area (Å²) < 4.78 is 5.85. The molecule has 2 heterocycles. The van der Waals surface area contributed by atoms with Gasteiger partial charge in [0.1, 0.15) is 0 Å². The highest BCUT2D eigenvalue weighted by Crippen LogP contribution is 2.32. The van der Waals surface area contributed by atoms with E-state index in [0.717, 1.165) is 32.8 Å². The van der Waals surface area contributed by atoms with Crippen LogP contribution in [0.2, 0.25) is 0 Å². The molecule has 0 bridgehead atoms. The van der Waals surface area contributed by atoms with Crippen LogP contribution in [0.15, 0.2) is 24.3 Å². The van der Waals surface area contributed by atoms with Gasteiger partial charge < -0.3 is 10.1 Å². The molecule has 3 rings (SSSR count). The van der Waals surface area contributed by atoms with Crippen molar-refractivity contribution in [3.05, 3.63) is 35.4 Å². The minimum atomic E-state index is -0.0209. The van der Waals surface area contributed by atoms with Crippen molar-refractivity contribution < 1.29 is 4.74 Å². The summed E-state index contributed by atoms with van der Waals surface area (Å²) in [5, 5.41) is 3.54. The number of fused-ring (bicyclic) bond motifs is 1. The first-order chi connectivity index (χ1) is 9.16. The normalized spacial score (nSPS) is 27.6. The second-order valence-electron chi connectivity index (χ2n) is 6.26. The summed E-state index contributed by atoms with van der Waals surface area (Å²) in [4.78, 5) is 2.61. The molecule has 0 amide bonds. The Kier molecular flexibility index (Phi) is 3.61. The molecule has 1 fully saturated rings. The van der Waals surface area contributed by atoms with Crippen LogP contribution in [0, 0.1) is 0 Å². The molecule has 2 aliphatic rings. The van der Waals surface area contributed by atoms with Crippen LogP contribution in [-0.2, 0) is 11.3 Å². The van der Waals surface area contributed by atoms with Crippen molar-refractivity contribution in [3.8, 4) is 0 Å². The molecule has 1 saturated heterocycles. The zero-order valence-electron chi connectivity index (χ0n) is 12.0. The van der Waals surface area contributed by atoms with Gasteiger partial charge in [0.05, 0.1) is 12.2 Å². The summed E-state index contributed by atoms with van der Waals surface area (Å²) in [5.41, 5.74) is 2.94. The molecule has 3 heteroatoms. The standard InChI is InChI=1S/C16H24N2O/c1-16(2)12-18(9-10-19-16)15-7-8-17-11-13-5-3-4-6-14(13)15/h3-6,15,17H,7-12H2,1-2H3. The summed E-state index contributed by atoms with van der Waals surface area (Å²) in [7, 11) is 0. The molecular formula is C16H24N2O. The molecule has 0 aliphatic carbocycles. The van der Waals surface area contributed by atoms with Gasteiger partial charge in [-0.25, -0.2) is 0 Å². The number of nitrogens with zero attached hydrogens (tertiary/aromatic N) is 1. The fourth-order valence-corrected chi connectivity index (χ4v) is 3.34. The predicted octanol–water partition coefficient (Wildman–Crippen LogP) is 2.33. The summed E-state index contributed by atoms with van der Waals surface area (Å²) in [6.45, 7) is 9.39. The van der Waals surface area contributed by atoms with E-state index in [-0.39, 0.29) is 5.60 Å². The average molecular weight is 260 g/mol. The third kappa shape index (κ3) is 2.83. The van der Waals surface area contributed by atoms with Crippen molar-refractivity contribution in [1.29, 1.82) is 0 Å². The number of morpholine rings is 1. The van der Waals surface area contributed by atoms with E-state index in [0.29, 0.717) is 6.04 Å². The zero-order chi connectivity index (χ0) is 13.3. The Morgan fingerprint density at radius 1 is 1.32 bits per heavy atom.